The van der Waals surface area contributed by atoms with Crippen LogP contribution in [-0.4, -0.2) is 16.1 Å². The first-order valence-electron chi connectivity index (χ1n) is 6.77. The van der Waals surface area contributed by atoms with Gasteiger partial charge in [0.1, 0.15) is 5.82 Å². The molecule has 0 fully saturated rings. The standard InChI is InChI=1S/C16H16N2O2/c19-16(20)13-6-4-11(5-7-13)10-17-15-9-8-12-2-1-3-14(12)18-15/h4-9H,1-3,10H2,(H,17,18)(H,19,20). The van der Waals surface area contributed by atoms with Gasteiger partial charge >= 0.3 is 5.97 Å². The van der Waals surface area contributed by atoms with Crippen molar-refractivity contribution in [2.45, 2.75) is 25.8 Å². The monoisotopic (exact) mass is 268 g/mol. The van der Waals surface area contributed by atoms with Crippen LogP contribution in [0.1, 0.15) is 33.6 Å². The van der Waals surface area contributed by atoms with Gasteiger partial charge in [0.25, 0.3) is 0 Å². The Hall–Kier alpha value is -2.36. The molecule has 2 aromatic rings. The van der Waals surface area contributed by atoms with Gasteiger partial charge in [-0.25, -0.2) is 9.78 Å². The molecule has 20 heavy (non-hydrogen) atoms. The Labute approximate surface area is 117 Å². The molecule has 0 amide bonds. The molecule has 0 bridgehead atoms. The van der Waals surface area contributed by atoms with Crippen molar-refractivity contribution in [1.82, 2.24) is 4.98 Å². The summed E-state index contributed by atoms with van der Waals surface area (Å²) in [6.07, 6.45) is 3.40. The fraction of sp³-hybridized carbons (Fsp3) is 0.250. The highest BCUT2D eigenvalue weighted by molar-refractivity contribution is 5.87. The van der Waals surface area contributed by atoms with E-state index in [2.05, 4.69) is 16.4 Å². The SMILES string of the molecule is O=C(O)c1ccc(CNc2ccc3c(n2)CCC3)cc1. The molecule has 2 N–H and O–H groups in total. The van der Waals surface area contributed by atoms with Gasteiger partial charge in [-0.05, 0) is 48.6 Å². The molecule has 102 valence electrons. The van der Waals surface area contributed by atoms with E-state index in [1.807, 2.05) is 18.2 Å². The van der Waals surface area contributed by atoms with Crippen LogP contribution in [0.2, 0.25) is 0 Å². The van der Waals surface area contributed by atoms with E-state index in [1.54, 1.807) is 12.1 Å². The summed E-state index contributed by atoms with van der Waals surface area (Å²) in [6, 6.07) is 11.0. The van der Waals surface area contributed by atoms with Gasteiger partial charge in [-0.15, -0.1) is 0 Å². The number of anilines is 1. The van der Waals surface area contributed by atoms with E-state index in [4.69, 9.17) is 5.11 Å². The Bertz CT molecular complexity index is 635. The number of benzene rings is 1. The van der Waals surface area contributed by atoms with Crippen molar-refractivity contribution in [3.05, 3.63) is 58.8 Å². The van der Waals surface area contributed by atoms with Crippen molar-refractivity contribution >= 4 is 11.8 Å². The van der Waals surface area contributed by atoms with Gasteiger partial charge in [-0.3, -0.25) is 0 Å². The van der Waals surface area contributed by atoms with Crippen molar-refractivity contribution in [3.63, 3.8) is 0 Å². The number of carboxylic acids is 1. The van der Waals surface area contributed by atoms with Crippen LogP contribution in [0, 0.1) is 0 Å². The first kappa shape index (κ1) is 12.7. The number of rotatable bonds is 4. The van der Waals surface area contributed by atoms with E-state index >= 15 is 0 Å². The van der Waals surface area contributed by atoms with Crippen molar-refractivity contribution in [2.24, 2.45) is 0 Å². The zero-order valence-electron chi connectivity index (χ0n) is 11.1. The molecule has 1 aromatic carbocycles. The molecule has 0 saturated heterocycles. The Morgan fingerprint density at radius 1 is 1.15 bits per heavy atom. The summed E-state index contributed by atoms with van der Waals surface area (Å²) < 4.78 is 0. The van der Waals surface area contributed by atoms with E-state index in [-0.39, 0.29) is 0 Å². The summed E-state index contributed by atoms with van der Waals surface area (Å²) in [4.78, 5) is 15.4. The van der Waals surface area contributed by atoms with Crippen LogP contribution < -0.4 is 5.32 Å². The minimum absolute atomic E-state index is 0.310. The average molecular weight is 268 g/mol. The van der Waals surface area contributed by atoms with Crippen molar-refractivity contribution in [1.29, 1.82) is 0 Å². The number of aromatic nitrogens is 1. The van der Waals surface area contributed by atoms with E-state index in [9.17, 15) is 4.79 Å². The van der Waals surface area contributed by atoms with Crippen LogP contribution in [-0.2, 0) is 19.4 Å². The molecule has 1 heterocycles. The number of carbonyl (C=O) groups is 1. The van der Waals surface area contributed by atoms with Crippen molar-refractivity contribution < 1.29 is 9.90 Å². The second kappa shape index (κ2) is 5.33. The minimum atomic E-state index is -0.898. The summed E-state index contributed by atoms with van der Waals surface area (Å²) in [6.45, 7) is 0.645. The predicted molar refractivity (Wildman–Crippen MR) is 77.0 cm³/mol. The molecular weight excluding hydrogens is 252 g/mol. The van der Waals surface area contributed by atoms with Gasteiger partial charge < -0.3 is 10.4 Å². The zero-order chi connectivity index (χ0) is 13.9. The lowest BCUT2D eigenvalue weighted by Crippen LogP contribution is -2.03. The molecule has 0 spiro atoms. The Morgan fingerprint density at radius 2 is 1.95 bits per heavy atom. The number of pyridine rings is 1. The van der Waals surface area contributed by atoms with Crippen molar-refractivity contribution in [2.75, 3.05) is 5.32 Å². The molecule has 3 rings (SSSR count). The molecule has 4 nitrogen and oxygen atoms in total. The maximum atomic E-state index is 10.8. The molecule has 1 aromatic heterocycles. The molecule has 1 aliphatic rings. The first-order chi connectivity index (χ1) is 9.72. The van der Waals surface area contributed by atoms with Crippen LogP contribution in [0.5, 0.6) is 0 Å². The molecule has 4 heteroatoms. The van der Waals surface area contributed by atoms with Gasteiger partial charge in [-0.2, -0.15) is 0 Å². The first-order valence-corrected chi connectivity index (χ1v) is 6.77. The van der Waals surface area contributed by atoms with Gasteiger partial charge in [0.2, 0.25) is 0 Å². The fourth-order valence-corrected chi connectivity index (χ4v) is 2.48. The second-order valence-electron chi connectivity index (χ2n) is 5.01. The Balaban J connectivity index is 1.65. The number of nitrogens with one attached hydrogen (secondary N) is 1. The molecule has 0 aliphatic heterocycles. The number of nitrogens with zero attached hydrogens (tertiary/aromatic N) is 1. The van der Waals surface area contributed by atoms with Gasteiger partial charge in [0.05, 0.1) is 5.56 Å². The number of aryl methyl sites for hydroxylation is 2. The van der Waals surface area contributed by atoms with Crippen LogP contribution in [0.25, 0.3) is 0 Å². The lowest BCUT2D eigenvalue weighted by atomic mass is 10.1. The molecular formula is C16H16N2O2. The van der Waals surface area contributed by atoms with Gasteiger partial charge in [-0.1, -0.05) is 18.2 Å². The van der Waals surface area contributed by atoms with Crippen LogP contribution >= 0.6 is 0 Å². The summed E-state index contributed by atoms with van der Waals surface area (Å²) in [5.41, 5.74) is 3.92. The Kier molecular flexibility index (Phi) is 3.37. The topological polar surface area (TPSA) is 62.2 Å². The number of hydrogen-bond donors (Lipinski definition) is 2. The molecule has 1 aliphatic carbocycles. The predicted octanol–water partition coefficient (Wildman–Crippen LogP) is 2.88. The second-order valence-corrected chi connectivity index (χ2v) is 5.01. The highest BCUT2D eigenvalue weighted by atomic mass is 16.4. The third-order valence-corrected chi connectivity index (χ3v) is 3.60. The third-order valence-electron chi connectivity index (χ3n) is 3.60. The quantitative estimate of drug-likeness (QED) is 0.895. The third kappa shape index (κ3) is 2.64. The lowest BCUT2D eigenvalue weighted by molar-refractivity contribution is 0.0697. The molecule has 0 saturated carbocycles. The summed E-state index contributed by atoms with van der Waals surface area (Å²) in [5.74, 6) is -0.0160. The summed E-state index contributed by atoms with van der Waals surface area (Å²) >= 11 is 0. The lowest BCUT2D eigenvalue weighted by Gasteiger charge is -2.08. The average Bonchev–Trinajstić information content (AvgIpc) is 2.93. The number of carboxylic acid groups (broad SMARTS) is 1. The maximum absolute atomic E-state index is 10.8. The van der Waals surface area contributed by atoms with Crippen LogP contribution in [0.15, 0.2) is 36.4 Å². The highest BCUT2D eigenvalue weighted by Crippen LogP contribution is 2.21. The smallest absolute Gasteiger partial charge is 0.335 e. The summed E-state index contributed by atoms with van der Waals surface area (Å²) in [7, 11) is 0. The van der Waals surface area contributed by atoms with E-state index in [0.29, 0.717) is 12.1 Å². The Morgan fingerprint density at radius 3 is 2.70 bits per heavy atom. The molecule has 0 unspecified atom stereocenters. The van der Waals surface area contributed by atoms with E-state index < -0.39 is 5.97 Å². The number of fused-ring (bicyclic) bond motifs is 1. The maximum Gasteiger partial charge on any atom is 0.335 e. The largest absolute Gasteiger partial charge is 0.478 e. The normalized spacial score (nSPS) is 13.0. The minimum Gasteiger partial charge on any atom is -0.478 e. The summed E-state index contributed by atoms with van der Waals surface area (Å²) in [5, 5.41) is 12.1. The molecule has 0 atom stereocenters. The molecule has 0 radical (unpaired) electrons. The zero-order valence-corrected chi connectivity index (χ0v) is 11.1. The number of aromatic carboxylic acids is 1. The van der Waals surface area contributed by atoms with E-state index in [1.165, 1.54) is 17.7 Å². The van der Waals surface area contributed by atoms with Crippen LogP contribution in [0.3, 0.4) is 0 Å². The number of hydrogen-bond acceptors (Lipinski definition) is 3. The fourth-order valence-electron chi connectivity index (χ4n) is 2.48. The van der Waals surface area contributed by atoms with Crippen LogP contribution in [0.4, 0.5) is 5.82 Å². The van der Waals surface area contributed by atoms with Gasteiger partial charge in [0.15, 0.2) is 0 Å². The van der Waals surface area contributed by atoms with E-state index in [0.717, 1.165) is 24.2 Å². The highest BCUT2D eigenvalue weighted by Gasteiger charge is 2.12. The van der Waals surface area contributed by atoms with Gasteiger partial charge in [0, 0.05) is 12.2 Å². The van der Waals surface area contributed by atoms with Crippen molar-refractivity contribution in [3.8, 4) is 0 Å².